The van der Waals surface area contributed by atoms with Crippen molar-refractivity contribution in [2.45, 2.75) is 50.7 Å². The van der Waals surface area contributed by atoms with Crippen LogP contribution in [0.5, 0.6) is 0 Å². The van der Waals surface area contributed by atoms with Crippen molar-refractivity contribution in [2.24, 2.45) is 0 Å². The van der Waals surface area contributed by atoms with E-state index >= 15 is 0 Å². The Labute approximate surface area is 102 Å². The standard InChI is InChI=1S/C12H21NO4/c1-4-5-6-13-7-8-9(14)10-11(15-8)17-12(2,3)16-10/h4,8-11,13-14H,1,5-7H2,2-3H3. The fraction of sp³-hybridized carbons (Fsp3) is 0.833. The third-order valence-corrected chi connectivity index (χ3v) is 2.99. The summed E-state index contributed by atoms with van der Waals surface area (Å²) in [6.07, 6.45) is 1.00. The van der Waals surface area contributed by atoms with Crippen LogP contribution >= 0.6 is 0 Å². The molecule has 17 heavy (non-hydrogen) atoms. The van der Waals surface area contributed by atoms with Gasteiger partial charge in [0.05, 0.1) is 0 Å². The van der Waals surface area contributed by atoms with Crippen molar-refractivity contribution in [1.82, 2.24) is 5.32 Å². The lowest BCUT2D eigenvalue weighted by Crippen LogP contribution is -2.40. The Morgan fingerprint density at radius 1 is 1.41 bits per heavy atom. The molecule has 0 aromatic heterocycles. The van der Waals surface area contributed by atoms with Crippen molar-refractivity contribution in [3.63, 3.8) is 0 Å². The first-order valence-electron chi connectivity index (χ1n) is 6.04. The highest BCUT2D eigenvalue weighted by molar-refractivity contribution is 4.93. The third kappa shape index (κ3) is 2.86. The zero-order valence-electron chi connectivity index (χ0n) is 10.4. The Bertz CT molecular complexity index is 282. The topological polar surface area (TPSA) is 60.0 Å². The lowest BCUT2D eigenvalue weighted by atomic mass is 10.1. The predicted molar refractivity (Wildman–Crippen MR) is 62.4 cm³/mol. The summed E-state index contributed by atoms with van der Waals surface area (Å²) in [5.74, 6) is -0.669. The van der Waals surface area contributed by atoms with E-state index in [1.165, 1.54) is 0 Å². The van der Waals surface area contributed by atoms with Crippen LogP contribution in [0.4, 0.5) is 0 Å². The van der Waals surface area contributed by atoms with Crippen molar-refractivity contribution < 1.29 is 19.3 Å². The Kier molecular flexibility index (Phi) is 3.85. The highest BCUT2D eigenvalue weighted by Gasteiger charge is 2.53. The van der Waals surface area contributed by atoms with Gasteiger partial charge in [0.2, 0.25) is 0 Å². The molecule has 0 aromatic rings. The van der Waals surface area contributed by atoms with Gasteiger partial charge < -0.3 is 24.6 Å². The maximum absolute atomic E-state index is 10.1. The van der Waals surface area contributed by atoms with Gasteiger partial charge in [0, 0.05) is 6.54 Å². The number of rotatable bonds is 5. The summed E-state index contributed by atoms with van der Waals surface area (Å²) < 4.78 is 16.8. The fourth-order valence-corrected chi connectivity index (χ4v) is 2.18. The molecule has 2 rings (SSSR count). The van der Waals surface area contributed by atoms with Gasteiger partial charge >= 0.3 is 0 Å². The second-order valence-electron chi connectivity index (χ2n) is 4.92. The number of hydrogen-bond acceptors (Lipinski definition) is 5. The highest BCUT2D eigenvalue weighted by atomic mass is 16.8. The number of aliphatic hydroxyl groups is 1. The van der Waals surface area contributed by atoms with Gasteiger partial charge in [-0.25, -0.2) is 0 Å². The zero-order chi connectivity index (χ0) is 12.5. The van der Waals surface area contributed by atoms with E-state index in [0.29, 0.717) is 6.54 Å². The van der Waals surface area contributed by atoms with Crippen LogP contribution in [-0.4, -0.2) is 48.6 Å². The third-order valence-electron chi connectivity index (χ3n) is 2.99. The molecule has 0 radical (unpaired) electrons. The molecule has 2 aliphatic heterocycles. The lowest BCUT2D eigenvalue weighted by Gasteiger charge is -2.23. The second-order valence-corrected chi connectivity index (χ2v) is 4.92. The number of hydrogen-bond donors (Lipinski definition) is 2. The van der Waals surface area contributed by atoms with E-state index in [-0.39, 0.29) is 12.2 Å². The van der Waals surface area contributed by atoms with Gasteiger partial charge in [0.1, 0.15) is 18.3 Å². The molecule has 2 aliphatic rings. The fourth-order valence-electron chi connectivity index (χ4n) is 2.18. The number of ether oxygens (including phenoxy) is 3. The van der Waals surface area contributed by atoms with Crippen molar-refractivity contribution in [3.05, 3.63) is 12.7 Å². The highest BCUT2D eigenvalue weighted by Crippen LogP contribution is 2.37. The molecule has 4 atom stereocenters. The molecule has 5 nitrogen and oxygen atoms in total. The molecule has 0 saturated carbocycles. The molecule has 2 saturated heterocycles. The minimum Gasteiger partial charge on any atom is -0.387 e. The van der Waals surface area contributed by atoms with E-state index < -0.39 is 18.2 Å². The van der Waals surface area contributed by atoms with Crippen LogP contribution in [-0.2, 0) is 14.2 Å². The molecule has 2 N–H and O–H groups in total. The van der Waals surface area contributed by atoms with Crippen molar-refractivity contribution >= 4 is 0 Å². The largest absolute Gasteiger partial charge is 0.387 e. The molecular formula is C12H21NO4. The van der Waals surface area contributed by atoms with Crippen LogP contribution in [0.2, 0.25) is 0 Å². The minimum atomic E-state index is -0.669. The van der Waals surface area contributed by atoms with Crippen LogP contribution in [0.1, 0.15) is 20.3 Å². The van der Waals surface area contributed by atoms with E-state index in [0.717, 1.165) is 13.0 Å². The van der Waals surface area contributed by atoms with Crippen LogP contribution in [0, 0.1) is 0 Å². The van der Waals surface area contributed by atoms with Gasteiger partial charge in [-0.3, -0.25) is 0 Å². The molecule has 0 aromatic carbocycles. The SMILES string of the molecule is C=CCCNCC1OC2OC(C)(C)OC2C1O. The number of nitrogens with one attached hydrogen (secondary N) is 1. The second kappa shape index (κ2) is 5.04. The van der Waals surface area contributed by atoms with Crippen molar-refractivity contribution in [2.75, 3.05) is 13.1 Å². The summed E-state index contributed by atoms with van der Waals surface area (Å²) in [6, 6.07) is 0. The summed E-state index contributed by atoms with van der Waals surface area (Å²) in [5, 5.41) is 13.3. The van der Waals surface area contributed by atoms with E-state index in [1.54, 1.807) is 0 Å². The predicted octanol–water partition coefficient (Wildman–Crippen LogP) is 0.389. The Hall–Kier alpha value is -0.460. The van der Waals surface area contributed by atoms with E-state index in [4.69, 9.17) is 14.2 Å². The molecule has 0 bridgehead atoms. The molecule has 98 valence electrons. The maximum atomic E-state index is 10.1. The molecule has 4 unspecified atom stereocenters. The normalized spacial score (nSPS) is 39.2. The summed E-state index contributed by atoms with van der Waals surface area (Å²) >= 11 is 0. The molecule has 2 fully saturated rings. The molecule has 0 spiro atoms. The van der Waals surface area contributed by atoms with Crippen molar-refractivity contribution in [3.8, 4) is 0 Å². The maximum Gasteiger partial charge on any atom is 0.190 e. The monoisotopic (exact) mass is 243 g/mol. The van der Waals surface area contributed by atoms with Crippen molar-refractivity contribution in [1.29, 1.82) is 0 Å². The first kappa shape index (κ1) is 13.0. The average molecular weight is 243 g/mol. The molecule has 2 heterocycles. The smallest absolute Gasteiger partial charge is 0.190 e. The van der Waals surface area contributed by atoms with E-state index in [1.807, 2.05) is 19.9 Å². The Morgan fingerprint density at radius 2 is 2.18 bits per heavy atom. The van der Waals surface area contributed by atoms with Gasteiger partial charge in [-0.2, -0.15) is 0 Å². The number of fused-ring (bicyclic) bond motifs is 1. The first-order valence-corrected chi connectivity index (χ1v) is 6.04. The van der Waals surface area contributed by atoms with E-state index in [9.17, 15) is 5.11 Å². The van der Waals surface area contributed by atoms with Crippen LogP contribution < -0.4 is 5.32 Å². The summed E-state index contributed by atoms with van der Waals surface area (Å²) in [6.45, 7) is 8.71. The van der Waals surface area contributed by atoms with Crippen LogP contribution in [0.15, 0.2) is 12.7 Å². The Balaban J connectivity index is 1.79. The van der Waals surface area contributed by atoms with Gasteiger partial charge in [-0.05, 0) is 26.8 Å². The minimum absolute atomic E-state index is 0.272. The summed E-state index contributed by atoms with van der Waals surface area (Å²) in [7, 11) is 0. The van der Waals surface area contributed by atoms with Crippen LogP contribution in [0.3, 0.4) is 0 Å². The molecule has 5 heteroatoms. The first-order chi connectivity index (χ1) is 8.03. The van der Waals surface area contributed by atoms with Gasteiger partial charge in [-0.15, -0.1) is 6.58 Å². The molecule has 0 amide bonds. The molecular weight excluding hydrogens is 222 g/mol. The lowest BCUT2D eigenvalue weighted by molar-refractivity contribution is -0.214. The van der Waals surface area contributed by atoms with Crippen LogP contribution in [0.25, 0.3) is 0 Å². The molecule has 0 aliphatic carbocycles. The van der Waals surface area contributed by atoms with Gasteiger partial charge in [0.15, 0.2) is 12.1 Å². The quantitative estimate of drug-likeness (QED) is 0.540. The van der Waals surface area contributed by atoms with E-state index in [2.05, 4.69) is 11.9 Å². The number of aliphatic hydroxyl groups excluding tert-OH is 1. The van der Waals surface area contributed by atoms with Gasteiger partial charge in [0.25, 0.3) is 0 Å². The average Bonchev–Trinajstić information content (AvgIpc) is 2.69. The Morgan fingerprint density at radius 3 is 2.82 bits per heavy atom. The summed E-state index contributed by atoms with van der Waals surface area (Å²) in [4.78, 5) is 0. The van der Waals surface area contributed by atoms with Gasteiger partial charge in [-0.1, -0.05) is 6.08 Å². The summed E-state index contributed by atoms with van der Waals surface area (Å²) in [5.41, 5.74) is 0. The zero-order valence-corrected chi connectivity index (χ0v) is 10.4.